The standard InChI is InChI=1S/C14H19BrN2O.ClH/c1-4-14(3)7-10(14)13(18)17-11-6-9(15)5-8(2)12(11)16;/h5-6,10H,4,7,16H2,1-3H3,(H,17,18);1H. The third-order valence-electron chi connectivity index (χ3n) is 4.09. The molecule has 0 aliphatic heterocycles. The molecule has 3 N–H and O–H groups in total. The van der Waals surface area contributed by atoms with Crippen LogP contribution in [-0.4, -0.2) is 5.91 Å². The Labute approximate surface area is 128 Å². The van der Waals surface area contributed by atoms with Gasteiger partial charge in [0.2, 0.25) is 5.91 Å². The third kappa shape index (κ3) is 3.23. The van der Waals surface area contributed by atoms with Crippen molar-refractivity contribution in [2.45, 2.75) is 33.6 Å². The molecule has 1 aromatic rings. The van der Waals surface area contributed by atoms with E-state index in [4.69, 9.17) is 5.73 Å². The molecule has 2 atom stereocenters. The van der Waals surface area contributed by atoms with Crippen molar-refractivity contribution in [3.8, 4) is 0 Å². The fourth-order valence-electron chi connectivity index (χ4n) is 2.28. The smallest absolute Gasteiger partial charge is 0.228 e. The number of carbonyl (C=O) groups excluding carboxylic acids is 1. The van der Waals surface area contributed by atoms with E-state index in [0.717, 1.165) is 22.9 Å². The second kappa shape index (κ2) is 5.71. The van der Waals surface area contributed by atoms with Crippen molar-refractivity contribution in [3.63, 3.8) is 0 Å². The average Bonchev–Trinajstić information content (AvgIpc) is 2.99. The number of nitrogens with one attached hydrogen (secondary N) is 1. The van der Waals surface area contributed by atoms with Gasteiger partial charge in [0.1, 0.15) is 0 Å². The first-order valence-electron chi connectivity index (χ1n) is 6.24. The lowest BCUT2D eigenvalue weighted by molar-refractivity contribution is -0.118. The number of benzene rings is 1. The van der Waals surface area contributed by atoms with Crippen LogP contribution in [0.1, 0.15) is 32.3 Å². The highest BCUT2D eigenvalue weighted by atomic mass is 79.9. The second-order valence-corrected chi connectivity index (χ2v) is 6.35. The quantitative estimate of drug-likeness (QED) is 0.808. The molecule has 1 fully saturated rings. The summed E-state index contributed by atoms with van der Waals surface area (Å²) in [6.07, 6.45) is 2.01. The van der Waals surface area contributed by atoms with Crippen molar-refractivity contribution in [1.82, 2.24) is 0 Å². The molecule has 1 aliphatic rings. The zero-order valence-corrected chi connectivity index (χ0v) is 13.8. The van der Waals surface area contributed by atoms with Crippen LogP contribution in [0.5, 0.6) is 0 Å². The first-order valence-corrected chi connectivity index (χ1v) is 7.03. The number of nitrogens with two attached hydrogens (primary N) is 1. The fraction of sp³-hybridized carbons (Fsp3) is 0.500. The van der Waals surface area contributed by atoms with E-state index in [1.807, 2.05) is 19.1 Å². The fourth-order valence-corrected chi connectivity index (χ4v) is 2.86. The Hall–Kier alpha value is -0.740. The third-order valence-corrected chi connectivity index (χ3v) is 4.54. The molecule has 1 aliphatic carbocycles. The normalized spacial score (nSPS) is 24.5. The molecule has 2 rings (SSSR count). The molecular weight excluding hydrogens is 328 g/mol. The van der Waals surface area contributed by atoms with Crippen molar-refractivity contribution in [3.05, 3.63) is 22.2 Å². The monoisotopic (exact) mass is 346 g/mol. The Morgan fingerprint density at radius 1 is 1.58 bits per heavy atom. The number of rotatable bonds is 3. The molecular formula is C14H20BrClN2O. The van der Waals surface area contributed by atoms with Crippen molar-refractivity contribution in [2.24, 2.45) is 11.3 Å². The number of halogens is 2. The molecule has 0 spiro atoms. The van der Waals surface area contributed by atoms with E-state index < -0.39 is 0 Å². The number of anilines is 2. The summed E-state index contributed by atoms with van der Waals surface area (Å²) in [6, 6.07) is 3.80. The summed E-state index contributed by atoms with van der Waals surface area (Å²) in [4.78, 5) is 12.1. The molecule has 19 heavy (non-hydrogen) atoms. The van der Waals surface area contributed by atoms with Crippen molar-refractivity contribution >= 4 is 45.6 Å². The highest BCUT2D eigenvalue weighted by molar-refractivity contribution is 9.10. The molecule has 1 aromatic carbocycles. The summed E-state index contributed by atoms with van der Waals surface area (Å²) < 4.78 is 0.929. The van der Waals surface area contributed by atoms with Gasteiger partial charge in [-0.1, -0.05) is 29.8 Å². The molecule has 1 saturated carbocycles. The predicted octanol–water partition coefficient (Wildman–Crippen LogP) is 4.14. The maximum absolute atomic E-state index is 12.1. The maximum atomic E-state index is 12.1. The summed E-state index contributed by atoms with van der Waals surface area (Å²) in [5.41, 5.74) is 8.48. The summed E-state index contributed by atoms with van der Waals surface area (Å²) in [5, 5.41) is 2.95. The highest BCUT2D eigenvalue weighted by Gasteiger charge is 2.52. The van der Waals surface area contributed by atoms with E-state index in [-0.39, 0.29) is 29.6 Å². The minimum atomic E-state index is 0. The Morgan fingerprint density at radius 3 is 2.74 bits per heavy atom. The number of amides is 1. The van der Waals surface area contributed by atoms with Crippen LogP contribution in [0.15, 0.2) is 16.6 Å². The topological polar surface area (TPSA) is 55.1 Å². The number of aryl methyl sites for hydroxylation is 1. The van der Waals surface area contributed by atoms with Gasteiger partial charge in [0.05, 0.1) is 11.4 Å². The van der Waals surface area contributed by atoms with E-state index in [2.05, 4.69) is 35.1 Å². The molecule has 0 saturated heterocycles. The van der Waals surface area contributed by atoms with Crippen LogP contribution in [0.3, 0.4) is 0 Å². The van der Waals surface area contributed by atoms with Gasteiger partial charge in [-0.25, -0.2) is 0 Å². The van der Waals surface area contributed by atoms with Crippen LogP contribution in [0, 0.1) is 18.3 Å². The highest BCUT2D eigenvalue weighted by Crippen LogP contribution is 2.55. The van der Waals surface area contributed by atoms with Gasteiger partial charge in [0, 0.05) is 10.4 Å². The van der Waals surface area contributed by atoms with Crippen molar-refractivity contribution < 1.29 is 4.79 Å². The second-order valence-electron chi connectivity index (χ2n) is 5.44. The first kappa shape index (κ1) is 16.3. The number of carbonyl (C=O) groups is 1. The van der Waals surface area contributed by atoms with Gasteiger partial charge in [0.15, 0.2) is 0 Å². The molecule has 2 unspecified atom stereocenters. The largest absolute Gasteiger partial charge is 0.397 e. The summed E-state index contributed by atoms with van der Waals surface area (Å²) in [5.74, 6) is 0.213. The van der Waals surface area contributed by atoms with Crippen LogP contribution in [0.2, 0.25) is 0 Å². The van der Waals surface area contributed by atoms with Crippen LogP contribution in [0.4, 0.5) is 11.4 Å². The molecule has 0 bridgehead atoms. The Balaban J connectivity index is 0.00000180. The van der Waals surface area contributed by atoms with E-state index in [0.29, 0.717) is 11.4 Å². The van der Waals surface area contributed by atoms with Gasteiger partial charge in [-0.2, -0.15) is 0 Å². The van der Waals surface area contributed by atoms with Gasteiger partial charge < -0.3 is 11.1 Å². The molecule has 0 radical (unpaired) electrons. The van der Waals surface area contributed by atoms with Gasteiger partial charge in [-0.05, 0) is 42.9 Å². The lowest BCUT2D eigenvalue weighted by Gasteiger charge is -2.12. The number of nitrogen functional groups attached to an aromatic ring is 1. The molecule has 0 aromatic heterocycles. The van der Waals surface area contributed by atoms with Gasteiger partial charge in [-0.3, -0.25) is 4.79 Å². The van der Waals surface area contributed by atoms with E-state index in [9.17, 15) is 4.79 Å². The lowest BCUT2D eigenvalue weighted by Crippen LogP contribution is -2.18. The minimum Gasteiger partial charge on any atom is -0.397 e. The van der Waals surface area contributed by atoms with Gasteiger partial charge >= 0.3 is 0 Å². The van der Waals surface area contributed by atoms with Gasteiger partial charge in [0.25, 0.3) is 0 Å². The summed E-state index contributed by atoms with van der Waals surface area (Å²) >= 11 is 3.42. The first-order chi connectivity index (χ1) is 8.37. The number of hydrogen-bond acceptors (Lipinski definition) is 2. The van der Waals surface area contributed by atoms with Crippen molar-refractivity contribution in [1.29, 1.82) is 0 Å². The average molecular weight is 348 g/mol. The molecule has 0 heterocycles. The summed E-state index contributed by atoms with van der Waals surface area (Å²) in [7, 11) is 0. The van der Waals surface area contributed by atoms with E-state index in [1.54, 1.807) is 0 Å². The van der Waals surface area contributed by atoms with Crippen LogP contribution in [-0.2, 0) is 4.79 Å². The lowest BCUT2D eigenvalue weighted by atomic mass is 10.0. The predicted molar refractivity (Wildman–Crippen MR) is 85.7 cm³/mol. The molecule has 1 amide bonds. The minimum absolute atomic E-state index is 0. The summed E-state index contributed by atoms with van der Waals surface area (Å²) in [6.45, 7) is 6.22. The van der Waals surface area contributed by atoms with Crippen LogP contribution in [0.25, 0.3) is 0 Å². The van der Waals surface area contributed by atoms with Crippen molar-refractivity contribution in [2.75, 3.05) is 11.1 Å². The van der Waals surface area contributed by atoms with Crippen LogP contribution < -0.4 is 11.1 Å². The zero-order valence-electron chi connectivity index (χ0n) is 11.4. The SMILES string of the molecule is CCC1(C)CC1C(=O)Nc1cc(Br)cc(C)c1N.Cl. The van der Waals surface area contributed by atoms with Gasteiger partial charge in [-0.15, -0.1) is 12.4 Å². The van der Waals surface area contributed by atoms with E-state index in [1.165, 1.54) is 0 Å². The Bertz CT molecular complexity index is 506. The molecule has 3 nitrogen and oxygen atoms in total. The van der Waals surface area contributed by atoms with Crippen LogP contribution >= 0.6 is 28.3 Å². The molecule has 5 heteroatoms. The molecule has 106 valence electrons. The zero-order chi connectivity index (χ0) is 13.5. The van der Waals surface area contributed by atoms with E-state index >= 15 is 0 Å². The maximum Gasteiger partial charge on any atom is 0.228 e. The Kier molecular flexibility index (Phi) is 4.91. The Morgan fingerprint density at radius 2 is 2.21 bits per heavy atom. The number of hydrogen-bond donors (Lipinski definition) is 2.